The van der Waals surface area contributed by atoms with Gasteiger partial charge in [-0.25, -0.2) is 0 Å². The predicted octanol–water partition coefficient (Wildman–Crippen LogP) is 6.04. The van der Waals surface area contributed by atoms with Crippen molar-refractivity contribution in [3.05, 3.63) is 104 Å². The number of methoxy groups -OCH3 is 1. The maximum absolute atomic E-state index is 13.6. The molecule has 1 saturated heterocycles. The number of hydrogen-bond donors (Lipinski definition) is 1. The highest BCUT2D eigenvalue weighted by Crippen LogP contribution is 2.39. The van der Waals surface area contributed by atoms with Gasteiger partial charge in [0.05, 0.1) is 42.0 Å². The van der Waals surface area contributed by atoms with Gasteiger partial charge in [0.15, 0.2) is 0 Å². The number of amides is 1. The molecule has 1 N–H and O–H groups in total. The molecule has 1 aromatic heterocycles. The monoisotopic (exact) mass is 619 g/mol. The molecule has 1 atom stereocenters. The summed E-state index contributed by atoms with van der Waals surface area (Å²) in [6.07, 6.45) is 1.58. The molecule has 1 fully saturated rings. The quantitative estimate of drug-likeness (QED) is 0.132. The number of pyridine rings is 1. The van der Waals surface area contributed by atoms with Gasteiger partial charge in [-0.05, 0) is 46.5 Å². The number of benzene rings is 3. The largest absolute Gasteiger partial charge is 0.482 e. The minimum atomic E-state index is -0.289. The molecule has 4 aromatic rings. The van der Waals surface area contributed by atoms with Crippen LogP contribution in [-0.4, -0.2) is 55.6 Å². The number of ether oxygens (including phenoxy) is 4. The van der Waals surface area contributed by atoms with Gasteiger partial charge in [0.25, 0.3) is 5.91 Å². The molecule has 0 aliphatic carbocycles. The molecule has 3 heterocycles. The second-order valence-corrected chi connectivity index (χ2v) is 11.6. The Labute approximate surface area is 261 Å². The highest BCUT2D eigenvalue weighted by atomic mass is 35.5. The molecule has 10 heteroatoms. The zero-order valence-corrected chi connectivity index (χ0v) is 25.6. The molecule has 224 valence electrons. The van der Waals surface area contributed by atoms with Crippen LogP contribution in [0.5, 0.6) is 5.75 Å². The lowest BCUT2D eigenvalue weighted by Crippen LogP contribution is -2.35. The summed E-state index contributed by atoms with van der Waals surface area (Å²) in [5, 5.41) is 4.53. The van der Waals surface area contributed by atoms with Crippen LogP contribution >= 0.6 is 23.8 Å². The number of halogens is 1. The van der Waals surface area contributed by atoms with Crippen LogP contribution < -0.4 is 10.1 Å². The molecule has 1 amide bonds. The summed E-state index contributed by atoms with van der Waals surface area (Å²) in [7, 11) is 1.61. The van der Waals surface area contributed by atoms with E-state index in [-0.39, 0.29) is 18.8 Å². The van der Waals surface area contributed by atoms with Crippen LogP contribution in [0.2, 0.25) is 5.02 Å². The molecule has 2 aliphatic rings. The molecule has 2 aliphatic heterocycles. The smallest absolute Gasteiger partial charge is 0.254 e. The van der Waals surface area contributed by atoms with Gasteiger partial charge < -0.3 is 28.8 Å². The van der Waals surface area contributed by atoms with Crippen LogP contribution in [-0.2, 0) is 40.5 Å². The Kier molecular flexibility index (Phi) is 9.37. The van der Waals surface area contributed by atoms with Crippen molar-refractivity contribution in [2.24, 2.45) is 0 Å². The summed E-state index contributed by atoms with van der Waals surface area (Å²) in [6.45, 7) is 5.38. The predicted molar refractivity (Wildman–Crippen MR) is 168 cm³/mol. The van der Waals surface area contributed by atoms with Gasteiger partial charge in [0, 0.05) is 49.9 Å². The van der Waals surface area contributed by atoms with E-state index in [2.05, 4.69) is 33.0 Å². The Hall–Kier alpha value is -3.31. The van der Waals surface area contributed by atoms with E-state index < -0.39 is 0 Å². The number of nitrogens with zero attached hydrogens (tertiary/aromatic N) is 2. The van der Waals surface area contributed by atoms with E-state index in [4.69, 9.17) is 42.8 Å². The summed E-state index contributed by atoms with van der Waals surface area (Å²) in [5.41, 5.74) is 5.44. The lowest BCUT2D eigenvalue weighted by Gasteiger charge is -2.31. The normalized spacial score (nSPS) is 16.7. The highest BCUT2D eigenvalue weighted by Gasteiger charge is 2.27. The second kappa shape index (κ2) is 13.5. The van der Waals surface area contributed by atoms with Gasteiger partial charge in [0.2, 0.25) is 0 Å². The molecule has 0 saturated carbocycles. The summed E-state index contributed by atoms with van der Waals surface area (Å²) in [6, 6.07) is 19.8. The molecule has 0 spiro atoms. The van der Waals surface area contributed by atoms with Crippen molar-refractivity contribution >= 4 is 40.6 Å². The first-order valence-electron chi connectivity index (χ1n) is 14.3. The first kappa shape index (κ1) is 29.7. The fourth-order valence-electron chi connectivity index (χ4n) is 5.69. The Balaban J connectivity index is 1.37. The molecule has 8 nitrogen and oxygen atoms in total. The maximum atomic E-state index is 13.6. The topological polar surface area (TPSA) is 74.2 Å². The van der Waals surface area contributed by atoms with Crippen molar-refractivity contribution in [2.75, 3.05) is 40.2 Å². The number of rotatable bonds is 10. The molecule has 6 rings (SSSR count). The first-order valence-corrected chi connectivity index (χ1v) is 15.1. The zero-order valence-electron chi connectivity index (χ0n) is 24.0. The lowest BCUT2D eigenvalue weighted by atomic mass is 9.99. The average Bonchev–Trinajstić information content (AvgIpc) is 3.03. The van der Waals surface area contributed by atoms with Gasteiger partial charge in [-0.3, -0.25) is 9.69 Å². The number of carbonyl (C=O) groups is 1. The average molecular weight is 620 g/mol. The van der Waals surface area contributed by atoms with Crippen molar-refractivity contribution in [2.45, 2.75) is 32.3 Å². The standard InChI is InChI=1S/C33H34ClN3O5S/c1-39-21-41-20-24-4-2-3-5-26(24)30-19-37-18-28(33(38)35-16-22-6-8-25(34)9-7-22)32(43)27-14-23(15-29(42-30)31(27)37)17-36-10-12-40-13-11-36/h2-9,14-15,18,30H,10-13,16-17,19-21H2,1H3,(H,35,38). The van der Waals surface area contributed by atoms with Crippen molar-refractivity contribution in [3.63, 3.8) is 0 Å². The number of morpholine rings is 1. The fourth-order valence-corrected chi connectivity index (χ4v) is 6.12. The summed E-state index contributed by atoms with van der Waals surface area (Å²) in [4.78, 5) is 15.9. The van der Waals surface area contributed by atoms with E-state index >= 15 is 0 Å². The molecule has 0 bridgehead atoms. The summed E-state index contributed by atoms with van der Waals surface area (Å²) >= 11 is 12.0. The van der Waals surface area contributed by atoms with Gasteiger partial charge in [-0.2, -0.15) is 0 Å². The van der Waals surface area contributed by atoms with Crippen molar-refractivity contribution < 1.29 is 23.7 Å². The molecular formula is C33H34ClN3O5S. The van der Waals surface area contributed by atoms with Crippen LogP contribution in [0.25, 0.3) is 10.9 Å². The highest BCUT2D eigenvalue weighted by molar-refractivity contribution is 7.71. The zero-order chi connectivity index (χ0) is 29.8. The van der Waals surface area contributed by atoms with E-state index in [1.54, 1.807) is 7.11 Å². The van der Waals surface area contributed by atoms with Crippen LogP contribution in [0.1, 0.15) is 38.7 Å². The third-order valence-corrected chi connectivity index (χ3v) is 8.50. The Morgan fingerprint density at radius 2 is 1.88 bits per heavy atom. The van der Waals surface area contributed by atoms with Gasteiger partial charge >= 0.3 is 0 Å². The number of nitrogens with one attached hydrogen (secondary N) is 1. The number of hydrogen-bond acceptors (Lipinski definition) is 7. The van der Waals surface area contributed by atoms with E-state index in [9.17, 15) is 4.79 Å². The van der Waals surface area contributed by atoms with Crippen LogP contribution in [0.4, 0.5) is 0 Å². The van der Waals surface area contributed by atoms with E-state index in [1.165, 1.54) is 0 Å². The van der Waals surface area contributed by atoms with Gasteiger partial charge in [-0.1, -0.05) is 60.2 Å². The van der Waals surface area contributed by atoms with E-state index in [0.717, 1.165) is 58.5 Å². The van der Waals surface area contributed by atoms with Gasteiger partial charge in [0.1, 0.15) is 18.6 Å². The van der Waals surface area contributed by atoms with E-state index in [0.29, 0.717) is 48.0 Å². The fraction of sp³-hybridized carbons (Fsp3) is 0.333. The first-order chi connectivity index (χ1) is 21.0. The van der Waals surface area contributed by atoms with Crippen LogP contribution in [0, 0.1) is 4.51 Å². The number of aromatic nitrogens is 1. The van der Waals surface area contributed by atoms with Gasteiger partial charge in [-0.15, -0.1) is 0 Å². The Morgan fingerprint density at radius 1 is 1.09 bits per heavy atom. The molecule has 43 heavy (non-hydrogen) atoms. The van der Waals surface area contributed by atoms with E-state index in [1.807, 2.05) is 48.7 Å². The Bertz CT molecular complexity index is 1670. The molecule has 0 radical (unpaired) electrons. The number of carbonyl (C=O) groups excluding carboxylic acids is 1. The minimum absolute atomic E-state index is 0.206. The summed E-state index contributed by atoms with van der Waals surface area (Å²) in [5.74, 6) is 0.533. The van der Waals surface area contributed by atoms with Crippen molar-refractivity contribution in [1.82, 2.24) is 14.8 Å². The summed E-state index contributed by atoms with van der Waals surface area (Å²) < 4.78 is 25.7. The third-order valence-electron chi connectivity index (χ3n) is 7.81. The molecule has 3 aromatic carbocycles. The van der Waals surface area contributed by atoms with Crippen molar-refractivity contribution in [3.8, 4) is 5.75 Å². The maximum Gasteiger partial charge on any atom is 0.254 e. The van der Waals surface area contributed by atoms with Crippen LogP contribution in [0.15, 0.2) is 66.9 Å². The minimum Gasteiger partial charge on any atom is -0.482 e. The Morgan fingerprint density at radius 3 is 2.67 bits per heavy atom. The second-order valence-electron chi connectivity index (χ2n) is 10.8. The SMILES string of the molecule is COCOCc1ccccc1C1Cn2cc(C(=O)NCc3ccc(Cl)cc3)c(=S)c3cc(CN4CCOCC4)cc(c32)O1. The van der Waals surface area contributed by atoms with Crippen molar-refractivity contribution in [1.29, 1.82) is 0 Å². The molecule has 1 unspecified atom stereocenters. The third kappa shape index (κ3) is 6.77. The van der Waals surface area contributed by atoms with Crippen LogP contribution in [0.3, 0.4) is 0 Å². The lowest BCUT2D eigenvalue weighted by molar-refractivity contribution is -0.0396. The molecular weight excluding hydrogens is 586 g/mol.